The van der Waals surface area contributed by atoms with Crippen LogP contribution >= 0.6 is 27.5 Å². The third kappa shape index (κ3) is 2.82. The van der Waals surface area contributed by atoms with Crippen molar-refractivity contribution in [1.29, 1.82) is 0 Å². The number of halogens is 2. The number of carboxylic acids is 1. The van der Waals surface area contributed by atoms with Crippen LogP contribution < -0.4 is 0 Å². The average molecular weight is 278 g/mol. The fourth-order valence-electron chi connectivity index (χ4n) is 0.911. The molecule has 1 N–H and O–H groups in total. The van der Waals surface area contributed by atoms with Gasteiger partial charge < -0.3 is 5.11 Å². The molecular formula is C9H6BrClO3. The topological polar surface area (TPSA) is 54.4 Å². The van der Waals surface area contributed by atoms with Crippen molar-refractivity contribution >= 4 is 39.3 Å². The zero-order valence-corrected chi connectivity index (χ0v) is 9.30. The summed E-state index contributed by atoms with van der Waals surface area (Å²) in [7, 11) is 0. The second-order valence-corrected chi connectivity index (χ2v) is 3.92. The van der Waals surface area contributed by atoms with E-state index in [9.17, 15) is 9.59 Å². The molecule has 0 aliphatic carbocycles. The van der Waals surface area contributed by atoms with Crippen molar-refractivity contribution in [1.82, 2.24) is 0 Å². The summed E-state index contributed by atoms with van der Waals surface area (Å²) in [5.41, 5.74) is 0.619. The lowest BCUT2D eigenvalue weighted by molar-refractivity contribution is -0.148. The van der Waals surface area contributed by atoms with Crippen LogP contribution in [0.2, 0.25) is 5.02 Å². The maximum Gasteiger partial charge on any atom is 0.372 e. The molecule has 14 heavy (non-hydrogen) atoms. The quantitative estimate of drug-likeness (QED) is 0.863. The molecule has 0 saturated heterocycles. The predicted molar refractivity (Wildman–Crippen MR) is 55.5 cm³/mol. The standard InChI is InChI=1S/C9H6BrClO3/c10-6-3-5(1-2-7(6)11)4-8(12)9(13)14/h1-3H,4H2,(H,13,14). The second kappa shape index (κ2) is 4.57. The Morgan fingerprint density at radius 3 is 2.57 bits per heavy atom. The van der Waals surface area contributed by atoms with Gasteiger partial charge in [-0.1, -0.05) is 17.7 Å². The number of carboxylic acid groups (broad SMARTS) is 1. The largest absolute Gasteiger partial charge is 0.475 e. The van der Waals surface area contributed by atoms with Crippen LogP contribution in [-0.2, 0) is 16.0 Å². The molecular weight excluding hydrogens is 271 g/mol. The Morgan fingerprint density at radius 1 is 1.43 bits per heavy atom. The third-order valence-electron chi connectivity index (χ3n) is 1.59. The zero-order chi connectivity index (χ0) is 10.7. The molecule has 0 saturated carbocycles. The monoisotopic (exact) mass is 276 g/mol. The van der Waals surface area contributed by atoms with Gasteiger partial charge in [-0.05, 0) is 33.6 Å². The van der Waals surface area contributed by atoms with E-state index in [1.165, 1.54) is 0 Å². The molecule has 0 aromatic heterocycles. The fourth-order valence-corrected chi connectivity index (χ4v) is 1.45. The lowest BCUT2D eigenvalue weighted by Gasteiger charge is -2.00. The molecule has 1 aromatic carbocycles. The highest BCUT2D eigenvalue weighted by atomic mass is 79.9. The van der Waals surface area contributed by atoms with E-state index < -0.39 is 11.8 Å². The van der Waals surface area contributed by atoms with Crippen LogP contribution in [0.1, 0.15) is 5.56 Å². The molecule has 0 aliphatic rings. The summed E-state index contributed by atoms with van der Waals surface area (Å²) in [4.78, 5) is 21.1. The Bertz CT molecular complexity index is 390. The van der Waals surface area contributed by atoms with E-state index in [0.29, 0.717) is 15.1 Å². The summed E-state index contributed by atoms with van der Waals surface area (Å²) in [6.45, 7) is 0. The van der Waals surface area contributed by atoms with Gasteiger partial charge in [-0.2, -0.15) is 0 Å². The molecule has 0 aliphatic heterocycles. The Hall–Kier alpha value is -0.870. The van der Waals surface area contributed by atoms with E-state index in [4.69, 9.17) is 16.7 Å². The van der Waals surface area contributed by atoms with Crippen LogP contribution in [0.3, 0.4) is 0 Å². The molecule has 1 aromatic rings. The summed E-state index contributed by atoms with van der Waals surface area (Å²) in [6.07, 6.45) is -0.120. The van der Waals surface area contributed by atoms with Gasteiger partial charge in [-0.15, -0.1) is 0 Å². The first-order chi connectivity index (χ1) is 6.50. The highest BCUT2D eigenvalue weighted by Gasteiger charge is 2.12. The van der Waals surface area contributed by atoms with E-state index in [2.05, 4.69) is 15.9 Å². The summed E-state index contributed by atoms with van der Waals surface area (Å²) in [5, 5.41) is 8.90. The lowest BCUT2D eigenvalue weighted by Crippen LogP contribution is -2.14. The normalized spacial score (nSPS) is 9.86. The zero-order valence-electron chi connectivity index (χ0n) is 6.96. The minimum Gasteiger partial charge on any atom is -0.475 e. The molecule has 0 spiro atoms. The van der Waals surface area contributed by atoms with Crippen molar-refractivity contribution in [2.75, 3.05) is 0 Å². The Kier molecular flexibility index (Phi) is 3.66. The Labute approximate surface area is 93.8 Å². The number of carbonyl (C=O) groups excluding carboxylic acids is 1. The molecule has 0 atom stereocenters. The van der Waals surface area contributed by atoms with Crippen LogP contribution in [0.5, 0.6) is 0 Å². The van der Waals surface area contributed by atoms with Gasteiger partial charge >= 0.3 is 5.97 Å². The van der Waals surface area contributed by atoms with Gasteiger partial charge in [0.2, 0.25) is 5.78 Å². The van der Waals surface area contributed by atoms with Crippen molar-refractivity contribution in [3.05, 3.63) is 33.3 Å². The molecule has 0 amide bonds. The van der Waals surface area contributed by atoms with Gasteiger partial charge in [0.1, 0.15) is 0 Å². The van der Waals surface area contributed by atoms with E-state index in [-0.39, 0.29) is 6.42 Å². The first-order valence-electron chi connectivity index (χ1n) is 3.70. The minimum atomic E-state index is -1.42. The van der Waals surface area contributed by atoms with Crippen molar-refractivity contribution in [2.24, 2.45) is 0 Å². The molecule has 0 heterocycles. The SMILES string of the molecule is O=C(O)C(=O)Cc1ccc(Cl)c(Br)c1. The maximum absolute atomic E-state index is 10.9. The number of benzene rings is 1. The van der Waals surface area contributed by atoms with Crippen molar-refractivity contribution < 1.29 is 14.7 Å². The second-order valence-electron chi connectivity index (χ2n) is 2.65. The number of hydrogen-bond donors (Lipinski definition) is 1. The summed E-state index contributed by atoms with van der Waals surface area (Å²) in [6, 6.07) is 4.85. The average Bonchev–Trinajstić information content (AvgIpc) is 2.11. The predicted octanol–water partition coefficient (Wildman–Crippen LogP) is 2.30. The number of carbonyl (C=O) groups is 2. The molecule has 3 nitrogen and oxygen atoms in total. The van der Waals surface area contributed by atoms with Gasteiger partial charge in [-0.25, -0.2) is 4.79 Å². The van der Waals surface area contributed by atoms with Gasteiger partial charge in [0.15, 0.2) is 0 Å². The summed E-state index contributed by atoms with van der Waals surface area (Å²) < 4.78 is 0.648. The summed E-state index contributed by atoms with van der Waals surface area (Å²) >= 11 is 8.91. The first-order valence-corrected chi connectivity index (χ1v) is 4.88. The van der Waals surface area contributed by atoms with Crippen molar-refractivity contribution in [3.63, 3.8) is 0 Å². The van der Waals surface area contributed by atoms with E-state index >= 15 is 0 Å². The molecule has 5 heteroatoms. The Balaban J connectivity index is 2.83. The van der Waals surface area contributed by atoms with E-state index in [1.807, 2.05) is 0 Å². The van der Waals surface area contributed by atoms with Crippen LogP contribution in [0, 0.1) is 0 Å². The molecule has 0 bridgehead atoms. The van der Waals surface area contributed by atoms with Crippen molar-refractivity contribution in [3.8, 4) is 0 Å². The molecule has 0 fully saturated rings. The lowest BCUT2D eigenvalue weighted by atomic mass is 10.1. The number of aliphatic carboxylic acids is 1. The van der Waals surface area contributed by atoms with Crippen LogP contribution in [0.15, 0.2) is 22.7 Å². The third-order valence-corrected chi connectivity index (χ3v) is 2.80. The highest BCUT2D eigenvalue weighted by Crippen LogP contribution is 2.23. The smallest absolute Gasteiger partial charge is 0.372 e. The molecule has 1 rings (SSSR count). The first kappa shape index (κ1) is 11.2. The van der Waals surface area contributed by atoms with Gasteiger partial charge in [0, 0.05) is 10.9 Å². The Morgan fingerprint density at radius 2 is 2.07 bits per heavy atom. The number of ketones is 1. The van der Waals surface area contributed by atoms with E-state index in [1.54, 1.807) is 18.2 Å². The molecule has 0 unspecified atom stereocenters. The maximum atomic E-state index is 10.9. The van der Waals surface area contributed by atoms with Crippen LogP contribution in [0.4, 0.5) is 0 Å². The van der Waals surface area contributed by atoms with Gasteiger partial charge in [0.05, 0.1) is 5.02 Å². The van der Waals surface area contributed by atoms with Crippen molar-refractivity contribution in [2.45, 2.75) is 6.42 Å². The van der Waals surface area contributed by atoms with Crippen LogP contribution in [-0.4, -0.2) is 16.9 Å². The van der Waals surface area contributed by atoms with Crippen LogP contribution in [0.25, 0.3) is 0 Å². The van der Waals surface area contributed by atoms with Gasteiger partial charge in [-0.3, -0.25) is 4.79 Å². The molecule has 0 radical (unpaired) electrons. The highest BCUT2D eigenvalue weighted by molar-refractivity contribution is 9.10. The summed E-state index contributed by atoms with van der Waals surface area (Å²) in [5.74, 6) is -2.25. The number of Topliss-reactive ketones (excluding diaryl/α,β-unsaturated/α-hetero) is 1. The van der Waals surface area contributed by atoms with Gasteiger partial charge in [0.25, 0.3) is 0 Å². The number of rotatable bonds is 3. The minimum absolute atomic E-state index is 0.120. The molecule has 74 valence electrons. The fraction of sp³-hybridized carbons (Fsp3) is 0.111. The van der Waals surface area contributed by atoms with E-state index in [0.717, 1.165) is 0 Å². The number of hydrogen-bond acceptors (Lipinski definition) is 2.